The molecule has 0 saturated heterocycles. The van der Waals surface area contributed by atoms with Gasteiger partial charge in [-0.3, -0.25) is 4.79 Å². The third-order valence-electron chi connectivity index (χ3n) is 5.60. The van der Waals surface area contributed by atoms with Crippen LogP contribution in [0, 0.1) is 6.92 Å². The molecule has 2 aromatic carbocycles. The molecule has 0 aliphatic rings. The number of nitrogens with one attached hydrogen (secondary N) is 1. The lowest BCUT2D eigenvalue weighted by atomic mass is 10.0. The van der Waals surface area contributed by atoms with E-state index in [9.17, 15) is 9.90 Å². The summed E-state index contributed by atoms with van der Waals surface area (Å²) in [6.07, 6.45) is 4.82. The maximum Gasteiger partial charge on any atom is 0.207 e. The number of pyridine rings is 1. The second-order valence-corrected chi connectivity index (χ2v) is 8.56. The predicted octanol–water partition coefficient (Wildman–Crippen LogP) is 6.26. The molecule has 0 bridgehead atoms. The van der Waals surface area contributed by atoms with E-state index in [0.717, 1.165) is 58.2 Å². The van der Waals surface area contributed by atoms with Crippen LogP contribution in [0.1, 0.15) is 76.4 Å². The molecule has 0 fully saturated rings. The highest BCUT2D eigenvalue weighted by Crippen LogP contribution is 2.31. The van der Waals surface area contributed by atoms with Gasteiger partial charge < -0.3 is 20.7 Å². The van der Waals surface area contributed by atoms with Crippen LogP contribution < -0.4 is 11.1 Å². The molecule has 0 radical (unpaired) electrons. The van der Waals surface area contributed by atoms with Crippen LogP contribution in [0.25, 0.3) is 21.9 Å². The third kappa shape index (κ3) is 6.53. The zero-order chi connectivity index (χ0) is 26.7. The maximum absolute atomic E-state index is 10.7. The van der Waals surface area contributed by atoms with Gasteiger partial charge in [-0.25, -0.2) is 9.97 Å². The molecule has 2 aromatic heterocycles. The van der Waals surface area contributed by atoms with Gasteiger partial charge in [0.1, 0.15) is 17.1 Å². The number of para-hydroxylation sites is 1. The molecule has 36 heavy (non-hydrogen) atoms. The molecule has 1 amide bonds. The fourth-order valence-corrected chi connectivity index (χ4v) is 4.09. The van der Waals surface area contributed by atoms with Crippen LogP contribution >= 0.6 is 0 Å². The molecule has 4 aromatic rings. The number of unbranched alkanes of at least 4 members (excludes halogenated alkanes) is 1. The highest BCUT2D eigenvalue weighted by atomic mass is 16.3. The first-order chi connectivity index (χ1) is 17.4. The number of hydrogen-bond acceptors (Lipinski definition) is 5. The largest absolute Gasteiger partial charge is 0.507 e. The normalized spacial score (nSPS) is 10.4. The zero-order valence-electron chi connectivity index (χ0n) is 22.6. The lowest BCUT2D eigenvalue weighted by Gasteiger charge is -2.14. The topological polar surface area (TPSA) is 106 Å². The van der Waals surface area contributed by atoms with E-state index in [-0.39, 0.29) is 12.3 Å². The average Bonchev–Trinajstić information content (AvgIpc) is 3.24. The van der Waals surface area contributed by atoms with Crippen molar-refractivity contribution in [3.8, 4) is 5.75 Å². The van der Waals surface area contributed by atoms with Gasteiger partial charge in [0.15, 0.2) is 5.82 Å². The third-order valence-corrected chi connectivity index (χ3v) is 5.60. The molecule has 4 rings (SSSR count). The van der Waals surface area contributed by atoms with Gasteiger partial charge in [-0.05, 0) is 36.6 Å². The van der Waals surface area contributed by atoms with Crippen molar-refractivity contribution in [2.75, 3.05) is 5.73 Å². The van der Waals surface area contributed by atoms with Crippen molar-refractivity contribution in [1.29, 1.82) is 0 Å². The Morgan fingerprint density at radius 3 is 2.47 bits per heavy atom. The van der Waals surface area contributed by atoms with E-state index in [1.165, 1.54) is 6.42 Å². The van der Waals surface area contributed by atoms with Crippen molar-refractivity contribution in [1.82, 2.24) is 19.9 Å². The van der Waals surface area contributed by atoms with Crippen molar-refractivity contribution in [3.63, 3.8) is 0 Å². The zero-order valence-corrected chi connectivity index (χ0v) is 22.6. The second kappa shape index (κ2) is 14.1. The van der Waals surface area contributed by atoms with Crippen LogP contribution in [-0.2, 0) is 24.3 Å². The summed E-state index contributed by atoms with van der Waals surface area (Å²) in [6, 6.07) is 11.9. The Bertz CT molecular complexity index is 1280. The minimum absolute atomic E-state index is 0.207. The molecular weight excluding hydrogens is 450 g/mol. The number of hydrogen-bond donors (Lipinski definition) is 3. The van der Waals surface area contributed by atoms with Crippen LogP contribution in [0.3, 0.4) is 0 Å². The van der Waals surface area contributed by atoms with Crippen LogP contribution in [0.5, 0.6) is 5.75 Å². The Morgan fingerprint density at radius 1 is 1.11 bits per heavy atom. The first-order valence-electron chi connectivity index (χ1n) is 13.0. The number of aromatic hydroxyl groups is 1. The molecule has 2 heterocycles. The van der Waals surface area contributed by atoms with Crippen molar-refractivity contribution in [3.05, 3.63) is 58.9 Å². The maximum atomic E-state index is 10.7. The lowest BCUT2D eigenvalue weighted by molar-refractivity contribution is -0.109. The minimum atomic E-state index is 0.207. The molecule has 194 valence electrons. The number of nitrogens with two attached hydrogens (primary N) is 1. The van der Waals surface area contributed by atoms with Crippen molar-refractivity contribution < 1.29 is 9.90 Å². The number of rotatable bonds is 8. The molecule has 7 nitrogen and oxygen atoms in total. The van der Waals surface area contributed by atoms with Gasteiger partial charge in [0, 0.05) is 30.5 Å². The number of imidazole rings is 1. The van der Waals surface area contributed by atoms with E-state index in [0.29, 0.717) is 24.3 Å². The Morgan fingerprint density at radius 2 is 1.81 bits per heavy atom. The molecule has 0 aliphatic carbocycles. The van der Waals surface area contributed by atoms with E-state index in [2.05, 4.69) is 35.6 Å². The number of anilines is 1. The van der Waals surface area contributed by atoms with Crippen LogP contribution in [0.2, 0.25) is 0 Å². The molecule has 7 heteroatoms. The Hall–Kier alpha value is -3.61. The number of amides is 1. The summed E-state index contributed by atoms with van der Waals surface area (Å²) in [6.45, 7) is 13.1. The molecule has 0 saturated carbocycles. The van der Waals surface area contributed by atoms with E-state index >= 15 is 0 Å². The van der Waals surface area contributed by atoms with E-state index in [4.69, 9.17) is 10.7 Å². The Kier molecular flexibility index (Phi) is 11.2. The standard InChI is InChI=1S/C24H27N5O2.C3H8.C2H6/c1-3-4-9-20-28-21-22(18-7-5-6-8-19(18)27-24(21)25)29(20)13-16-10-15(2)23(31)17(11-16)12-26-14-30;1-3-2;1-2/h5-8,10-11,14,31H,3-4,9,12-13H2,1-2H3,(H2,25,27)(H,26,30);3H2,1-2H3;1-2H3. The summed E-state index contributed by atoms with van der Waals surface area (Å²) < 4.78 is 2.22. The highest BCUT2D eigenvalue weighted by Gasteiger charge is 2.18. The van der Waals surface area contributed by atoms with Crippen LogP contribution in [-0.4, -0.2) is 26.1 Å². The number of phenols is 1. The number of phenolic OH excluding ortho intramolecular Hbond substituents is 1. The van der Waals surface area contributed by atoms with Gasteiger partial charge >= 0.3 is 0 Å². The van der Waals surface area contributed by atoms with Crippen LogP contribution in [0.15, 0.2) is 36.4 Å². The number of aryl methyl sites for hydroxylation is 2. The summed E-state index contributed by atoms with van der Waals surface area (Å²) in [5, 5.41) is 14.0. The quantitative estimate of drug-likeness (QED) is 0.252. The number of carbonyl (C=O) groups is 1. The molecular formula is C29H41N5O2. The summed E-state index contributed by atoms with van der Waals surface area (Å²) in [5.41, 5.74) is 11.3. The van der Waals surface area contributed by atoms with E-state index < -0.39 is 0 Å². The number of aromatic nitrogens is 3. The van der Waals surface area contributed by atoms with E-state index in [1.807, 2.05) is 57.2 Å². The Balaban J connectivity index is 0.000000850. The number of nitrogen functional groups attached to an aromatic ring is 1. The summed E-state index contributed by atoms with van der Waals surface area (Å²) in [4.78, 5) is 20.2. The SMILES string of the molecule is CC.CCC.CCCCc1nc2c(N)nc3ccccc3c2n1Cc1cc(C)c(O)c(CNC=O)c1. The van der Waals surface area contributed by atoms with Gasteiger partial charge in [-0.1, -0.05) is 71.7 Å². The molecule has 0 atom stereocenters. The number of nitrogens with zero attached hydrogens (tertiary/aromatic N) is 3. The smallest absolute Gasteiger partial charge is 0.207 e. The lowest BCUT2D eigenvalue weighted by Crippen LogP contribution is -2.11. The highest BCUT2D eigenvalue weighted by molar-refractivity contribution is 6.06. The van der Waals surface area contributed by atoms with Crippen molar-refractivity contribution in [2.45, 2.75) is 80.3 Å². The minimum Gasteiger partial charge on any atom is -0.507 e. The van der Waals surface area contributed by atoms with Gasteiger partial charge in [0.25, 0.3) is 0 Å². The van der Waals surface area contributed by atoms with Crippen molar-refractivity contribution >= 4 is 34.2 Å². The monoisotopic (exact) mass is 491 g/mol. The van der Waals surface area contributed by atoms with Gasteiger partial charge in [0.05, 0.1) is 11.0 Å². The first-order valence-corrected chi connectivity index (χ1v) is 13.0. The first kappa shape index (κ1) is 28.6. The number of benzene rings is 2. The molecule has 0 unspecified atom stereocenters. The summed E-state index contributed by atoms with van der Waals surface area (Å²) in [7, 11) is 0. The summed E-state index contributed by atoms with van der Waals surface area (Å²) in [5.74, 6) is 1.61. The average molecular weight is 492 g/mol. The Labute approximate surface area is 214 Å². The van der Waals surface area contributed by atoms with Crippen molar-refractivity contribution in [2.24, 2.45) is 0 Å². The number of carbonyl (C=O) groups excluding carboxylic acids is 1. The predicted molar refractivity (Wildman–Crippen MR) is 150 cm³/mol. The molecule has 0 spiro atoms. The molecule has 4 N–H and O–H groups in total. The number of fused-ring (bicyclic) bond motifs is 3. The fraction of sp³-hybridized carbons (Fsp3) is 0.414. The van der Waals surface area contributed by atoms with Crippen LogP contribution in [0.4, 0.5) is 5.82 Å². The van der Waals surface area contributed by atoms with Gasteiger partial charge in [-0.15, -0.1) is 0 Å². The molecule has 0 aliphatic heterocycles. The summed E-state index contributed by atoms with van der Waals surface area (Å²) >= 11 is 0. The fourth-order valence-electron chi connectivity index (χ4n) is 4.09. The van der Waals surface area contributed by atoms with Gasteiger partial charge in [-0.2, -0.15) is 0 Å². The van der Waals surface area contributed by atoms with Gasteiger partial charge in [0.2, 0.25) is 6.41 Å². The van der Waals surface area contributed by atoms with E-state index in [1.54, 1.807) is 0 Å². The second-order valence-electron chi connectivity index (χ2n) is 8.56.